The number of carboxylic acids is 2. The van der Waals surface area contributed by atoms with Crippen LogP contribution in [0.2, 0.25) is 0 Å². The third-order valence-corrected chi connectivity index (χ3v) is 9.77. The van der Waals surface area contributed by atoms with Gasteiger partial charge in [-0.3, -0.25) is 9.59 Å². The Morgan fingerprint density at radius 3 is 2.46 bits per heavy atom. The van der Waals surface area contributed by atoms with Crippen molar-refractivity contribution in [2.24, 2.45) is 34.0 Å². The highest BCUT2D eigenvalue weighted by molar-refractivity contribution is 5.75. The van der Waals surface area contributed by atoms with Crippen LogP contribution in [0.25, 0.3) is 0 Å². The average Bonchev–Trinajstić information content (AvgIpc) is 3.20. The average molecular weight is 389 g/mol. The summed E-state index contributed by atoms with van der Waals surface area (Å²) < 4.78 is 6.21. The maximum Gasteiger partial charge on any atom is 0.309 e. The quantitative estimate of drug-likeness (QED) is 0.691. The van der Waals surface area contributed by atoms with E-state index in [2.05, 4.69) is 13.8 Å². The lowest BCUT2D eigenvalue weighted by molar-refractivity contribution is -0.175. The van der Waals surface area contributed by atoms with Crippen LogP contribution >= 0.6 is 0 Å². The second-order valence-corrected chi connectivity index (χ2v) is 10.8. The molecule has 0 amide bonds. The van der Waals surface area contributed by atoms with Crippen LogP contribution in [0.5, 0.6) is 0 Å². The molecule has 0 spiro atoms. The summed E-state index contributed by atoms with van der Waals surface area (Å²) in [4.78, 5) is 23.9. The standard InChI is InChI=1S/C23H32O5/c1-21-8-4-9-23(3,20(26)27)16(21)7-10-22(2)15(21)6-5-12-17(22)14-11-13(19(24)25)18(12)28-14/h13-16,18H,4-11H2,1-3H3,(H,24,25)(H,26,27)/t13-,14+,15+,16+,18+,21+,22+,23-/m0/s1. The van der Waals surface area contributed by atoms with Crippen LogP contribution in [0.4, 0.5) is 0 Å². The van der Waals surface area contributed by atoms with Crippen molar-refractivity contribution >= 4 is 11.9 Å². The molecule has 2 bridgehead atoms. The van der Waals surface area contributed by atoms with Crippen LogP contribution in [0.1, 0.15) is 72.1 Å². The molecule has 5 nitrogen and oxygen atoms in total. The third-order valence-electron chi connectivity index (χ3n) is 9.77. The monoisotopic (exact) mass is 388 g/mol. The van der Waals surface area contributed by atoms with Gasteiger partial charge in [0.1, 0.15) is 0 Å². The Labute approximate surface area is 166 Å². The van der Waals surface area contributed by atoms with Gasteiger partial charge in [0.05, 0.1) is 23.5 Å². The summed E-state index contributed by atoms with van der Waals surface area (Å²) >= 11 is 0. The summed E-state index contributed by atoms with van der Waals surface area (Å²) in [6.07, 6.45) is 7.13. The lowest BCUT2D eigenvalue weighted by atomic mass is 9.39. The first-order valence-electron chi connectivity index (χ1n) is 11.0. The van der Waals surface area contributed by atoms with Crippen molar-refractivity contribution in [3.05, 3.63) is 11.1 Å². The van der Waals surface area contributed by atoms with E-state index in [1.165, 1.54) is 11.1 Å². The van der Waals surface area contributed by atoms with Gasteiger partial charge in [-0.1, -0.05) is 20.3 Å². The molecule has 154 valence electrons. The number of aliphatic carboxylic acids is 2. The Balaban J connectivity index is 1.55. The van der Waals surface area contributed by atoms with E-state index in [9.17, 15) is 19.8 Å². The summed E-state index contributed by atoms with van der Waals surface area (Å²) in [5, 5.41) is 19.6. The maximum atomic E-state index is 12.2. The topological polar surface area (TPSA) is 83.8 Å². The number of fused-ring (bicyclic) bond motifs is 8. The molecule has 1 saturated heterocycles. The Hall–Kier alpha value is -1.36. The fourth-order valence-electron chi connectivity index (χ4n) is 8.65. The van der Waals surface area contributed by atoms with Crippen LogP contribution in [0.15, 0.2) is 11.1 Å². The molecule has 0 unspecified atom stereocenters. The van der Waals surface area contributed by atoms with Gasteiger partial charge in [-0.15, -0.1) is 0 Å². The van der Waals surface area contributed by atoms with Crippen molar-refractivity contribution in [1.82, 2.24) is 0 Å². The molecular formula is C23H32O5. The minimum absolute atomic E-state index is 0.0263. The van der Waals surface area contributed by atoms with E-state index in [0.717, 1.165) is 44.9 Å². The molecule has 0 aromatic rings. The predicted octanol–water partition coefficient (Wildman–Crippen LogP) is 4.26. The second kappa shape index (κ2) is 5.62. The predicted molar refractivity (Wildman–Crippen MR) is 103 cm³/mol. The van der Waals surface area contributed by atoms with Gasteiger partial charge in [0, 0.05) is 0 Å². The Kier molecular flexibility index (Phi) is 3.74. The van der Waals surface area contributed by atoms with E-state index in [0.29, 0.717) is 12.3 Å². The summed E-state index contributed by atoms with van der Waals surface area (Å²) in [5.41, 5.74) is 2.13. The SMILES string of the molecule is C[C@]12CCC[C@](C)(C(=O)O)[C@@H]1CC[C@@]1(C)C3=C(CC[C@H]21)[C@H]1O[C@@H]3C[C@@H]1C(=O)O. The van der Waals surface area contributed by atoms with Crippen LogP contribution in [-0.4, -0.2) is 34.4 Å². The van der Waals surface area contributed by atoms with E-state index in [4.69, 9.17) is 4.74 Å². The minimum atomic E-state index is -0.730. The molecule has 5 rings (SSSR count). The van der Waals surface area contributed by atoms with Crippen molar-refractivity contribution in [3.8, 4) is 0 Å². The summed E-state index contributed by atoms with van der Waals surface area (Å²) in [5.74, 6) is -1.07. The van der Waals surface area contributed by atoms with Gasteiger partial charge in [-0.2, -0.15) is 0 Å². The van der Waals surface area contributed by atoms with E-state index >= 15 is 0 Å². The van der Waals surface area contributed by atoms with Crippen LogP contribution in [0.3, 0.4) is 0 Å². The van der Waals surface area contributed by atoms with Crippen molar-refractivity contribution < 1.29 is 24.5 Å². The summed E-state index contributed by atoms with van der Waals surface area (Å²) in [6.45, 7) is 6.71. The van der Waals surface area contributed by atoms with Gasteiger partial charge in [-0.05, 0) is 85.7 Å². The first kappa shape index (κ1) is 18.7. The minimum Gasteiger partial charge on any atom is -0.481 e. The summed E-state index contributed by atoms with van der Waals surface area (Å²) in [7, 11) is 0. The zero-order chi connectivity index (χ0) is 20.1. The maximum absolute atomic E-state index is 12.2. The van der Waals surface area contributed by atoms with E-state index in [1.54, 1.807) is 0 Å². The van der Waals surface area contributed by atoms with E-state index in [-0.39, 0.29) is 34.9 Å². The molecule has 2 aliphatic heterocycles. The highest BCUT2D eigenvalue weighted by Crippen LogP contribution is 2.70. The number of rotatable bonds is 2. The van der Waals surface area contributed by atoms with Crippen molar-refractivity contribution in [1.29, 1.82) is 0 Å². The highest BCUT2D eigenvalue weighted by atomic mass is 16.5. The van der Waals surface area contributed by atoms with Gasteiger partial charge < -0.3 is 14.9 Å². The van der Waals surface area contributed by atoms with E-state index < -0.39 is 17.4 Å². The molecular weight excluding hydrogens is 356 g/mol. The largest absolute Gasteiger partial charge is 0.481 e. The molecule has 8 atom stereocenters. The molecule has 5 aliphatic rings. The highest BCUT2D eigenvalue weighted by Gasteiger charge is 2.66. The first-order valence-corrected chi connectivity index (χ1v) is 11.0. The zero-order valence-corrected chi connectivity index (χ0v) is 17.2. The Morgan fingerprint density at radius 2 is 1.79 bits per heavy atom. The lowest BCUT2D eigenvalue weighted by Crippen LogP contribution is -2.59. The second-order valence-electron chi connectivity index (χ2n) is 10.8. The molecule has 0 aromatic carbocycles. The number of ether oxygens (including phenoxy) is 1. The fourth-order valence-corrected chi connectivity index (χ4v) is 8.65. The molecule has 5 heteroatoms. The molecule has 0 radical (unpaired) electrons. The van der Waals surface area contributed by atoms with Crippen LogP contribution in [0, 0.1) is 34.0 Å². The van der Waals surface area contributed by atoms with Crippen molar-refractivity contribution in [2.45, 2.75) is 84.3 Å². The molecule has 2 heterocycles. The Bertz CT molecular complexity index is 786. The van der Waals surface area contributed by atoms with Crippen LogP contribution in [-0.2, 0) is 14.3 Å². The number of carbonyl (C=O) groups is 2. The number of hydrogen-bond acceptors (Lipinski definition) is 3. The number of hydrogen-bond donors (Lipinski definition) is 2. The fraction of sp³-hybridized carbons (Fsp3) is 0.826. The Morgan fingerprint density at radius 1 is 1.04 bits per heavy atom. The molecule has 3 aliphatic carbocycles. The van der Waals surface area contributed by atoms with Gasteiger partial charge >= 0.3 is 11.9 Å². The first-order chi connectivity index (χ1) is 13.1. The van der Waals surface area contributed by atoms with E-state index in [1.807, 2.05) is 6.92 Å². The van der Waals surface area contributed by atoms with Gasteiger partial charge in [-0.25, -0.2) is 0 Å². The smallest absolute Gasteiger partial charge is 0.309 e. The van der Waals surface area contributed by atoms with Gasteiger partial charge in [0.25, 0.3) is 0 Å². The number of carboxylic acid groups (broad SMARTS) is 2. The molecule has 2 N–H and O–H groups in total. The van der Waals surface area contributed by atoms with Crippen molar-refractivity contribution in [2.75, 3.05) is 0 Å². The van der Waals surface area contributed by atoms with Gasteiger partial charge in [0.2, 0.25) is 0 Å². The molecule has 28 heavy (non-hydrogen) atoms. The zero-order valence-electron chi connectivity index (χ0n) is 17.2. The third kappa shape index (κ3) is 2.07. The molecule has 3 fully saturated rings. The molecule has 0 aromatic heterocycles. The normalized spacial score (nSPS) is 52.0. The molecule has 2 saturated carbocycles. The van der Waals surface area contributed by atoms with Crippen LogP contribution < -0.4 is 0 Å². The van der Waals surface area contributed by atoms with Gasteiger partial charge in [0.15, 0.2) is 0 Å². The summed E-state index contributed by atoms with van der Waals surface area (Å²) in [6, 6.07) is 0. The van der Waals surface area contributed by atoms with Crippen molar-refractivity contribution in [3.63, 3.8) is 0 Å². The lowest BCUT2D eigenvalue weighted by Gasteiger charge is -2.64.